The molecule has 0 aromatic heterocycles. The summed E-state index contributed by atoms with van der Waals surface area (Å²) in [6.07, 6.45) is -0.651. The van der Waals surface area contributed by atoms with Crippen molar-refractivity contribution < 1.29 is 19.4 Å². The fourth-order valence-corrected chi connectivity index (χ4v) is 2.19. The zero-order valence-corrected chi connectivity index (χ0v) is 14.3. The summed E-state index contributed by atoms with van der Waals surface area (Å²) in [5, 5.41) is 12.3. The van der Waals surface area contributed by atoms with Gasteiger partial charge in [-0.05, 0) is 25.3 Å². The lowest BCUT2D eigenvalue weighted by molar-refractivity contribution is -0.143. The molecule has 0 heterocycles. The molecule has 0 amide bonds. The topological polar surface area (TPSA) is 75.6 Å². The lowest BCUT2D eigenvalue weighted by Gasteiger charge is -2.18. The second-order valence-corrected chi connectivity index (χ2v) is 5.96. The van der Waals surface area contributed by atoms with Gasteiger partial charge < -0.3 is 15.2 Å². The van der Waals surface area contributed by atoms with E-state index in [9.17, 15) is 14.7 Å². The number of nitrogens with one attached hydrogen (secondary N) is 1. The van der Waals surface area contributed by atoms with Crippen molar-refractivity contribution in [3.63, 3.8) is 0 Å². The number of Topliss-reactive ketones (excluding diaryl/α,β-unsaturated/α-hetero) is 1. The summed E-state index contributed by atoms with van der Waals surface area (Å²) < 4.78 is 4.92. The van der Waals surface area contributed by atoms with Gasteiger partial charge >= 0.3 is 5.97 Å². The zero-order valence-electron chi connectivity index (χ0n) is 14.3. The minimum Gasteiger partial charge on any atom is -0.466 e. The van der Waals surface area contributed by atoms with Crippen LogP contribution in [0.4, 0.5) is 0 Å². The van der Waals surface area contributed by atoms with Gasteiger partial charge in [-0.2, -0.15) is 0 Å². The van der Waals surface area contributed by atoms with Gasteiger partial charge in [0.25, 0.3) is 0 Å². The fraction of sp³-hybridized carbons (Fsp3) is 0.556. The van der Waals surface area contributed by atoms with Gasteiger partial charge in [-0.25, -0.2) is 0 Å². The van der Waals surface area contributed by atoms with Crippen molar-refractivity contribution in [3.8, 4) is 0 Å². The summed E-state index contributed by atoms with van der Waals surface area (Å²) in [5.41, 5.74) is 1.70. The monoisotopic (exact) mass is 321 g/mol. The van der Waals surface area contributed by atoms with E-state index in [0.29, 0.717) is 11.5 Å². The quantitative estimate of drug-likeness (QED) is 0.539. The molecule has 1 aromatic rings. The largest absolute Gasteiger partial charge is 0.466 e. The molecule has 1 rings (SSSR count). The van der Waals surface area contributed by atoms with Gasteiger partial charge in [0.2, 0.25) is 0 Å². The lowest BCUT2D eigenvalue weighted by atomic mass is 9.97. The van der Waals surface area contributed by atoms with Gasteiger partial charge in [0.15, 0.2) is 5.78 Å². The van der Waals surface area contributed by atoms with Crippen LogP contribution in [0.1, 0.15) is 56.0 Å². The van der Waals surface area contributed by atoms with Crippen LogP contribution >= 0.6 is 0 Å². The third kappa shape index (κ3) is 6.50. The number of benzene rings is 1. The highest BCUT2D eigenvalue weighted by atomic mass is 16.5. The number of carbonyl (C=O) groups excluding carboxylic acids is 2. The molecular weight excluding hydrogens is 294 g/mol. The Morgan fingerprint density at radius 1 is 1.17 bits per heavy atom. The van der Waals surface area contributed by atoms with Gasteiger partial charge in [0.1, 0.15) is 0 Å². The molecule has 0 saturated carbocycles. The second kappa shape index (κ2) is 9.43. The van der Waals surface area contributed by atoms with Crippen LogP contribution in [0.2, 0.25) is 0 Å². The van der Waals surface area contributed by atoms with Crippen LogP contribution in [-0.2, 0) is 9.53 Å². The SMILES string of the molecule is CCOC(=O)CC(NCC(C)O)C(=O)c1ccc(C(C)C)cc1. The number of rotatable bonds is 9. The van der Waals surface area contributed by atoms with Crippen LogP contribution in [0.15, 0.2) is 24.3 Å². The predicted octanol–water partition coefficient (Wildman–Crippen LogP) is 2.28. The van der Waals surface area contributed by atoms with Gasteiger partial charge in [-0.15, -0.1) is 0 Å². The number of aliphatic hydroxyl groups excluding tert-OH is 1. The molecule has 2 N–H and O–H groups in total. The summed E-state index contributed by atoms with van der Waals surface area (Å²) in [6, 6.07) is 6.70. The van der Waals surface area contributed by atoms with Crippen molar-refractivity contribution in [1.29, 1.82) is 0 Å². The van der Waals surface area contributed by atoms with E-state index in [4.69, 9.17) is 4.74 Å². The van der Waals surface area contributed by atoms with Crippen LogP contribution in [0.5, 0.6) is 0 Å². The van der Waals surface area contributed by atoms with Crippen molar-refractivity contribution in [1.82, 2.24) is 5.32 Å². The molecule has 0 aliphatic rings. The average Bonchev–Trinajstić information content (AvgIpc) is 2.51. The van der Waals surface area contributed by atoms with Crippen LogP contribution in [0, 0.1) is 0 Å². The number of carbonyl (C=O) groups is 2. The maximum absolute atomic E-state index is 12.6. The average molecular weight is 321 g/mol. The Balaban J connectivity index is 2.85. The van der Waals surface area contributed by atoms with Crippen LogP contribution in [-0.4, -0.2) is 42.2 Å². The van der Waals surface area contributed by atoms with E-state index >= 15 is 0 Å². The summed E-state index contributed by atoms with van der Waals surface area (Å²) in [5.74, 6) is -0.209. The van der Waals surface area contributed by atoms with E-state index in [2.05, 4.69) is 19.2 Å². The smallest absolute Gasteiger partial charge is 0.307 e. The molecule has 0 spiro atoms. The summed E-state index contributed by atoms with van der Waals surface area (Å²) >= 11 is 0. The number of ether oxygens (including phenoxy) is 1. The highest BCUT2D eigenvalue weighted by Gasteiger charge is 2.24. The van der Waals surface area contributed by atoms with Crippen molar-refractivity contribution >= 4 is 11.8 Å². The van der Waals surface area contributed by atoms with E-state index in [1.165, 1.54) is 0 Å². The minimum absolute atomic E-state index is 0.0503. The third-order valence-corrected chi connectivity index (χ3v) is 3.51. The number of hydrogen-bond donors (Lipinski definition) is 2. The summed E-state index contributed by atoms with van der Waals surface area (Å²) in [6.45, 7) is 8.03. The standard InChI is InChI=1S/C18H27NO4/c1-5-23-17(21)10-16(19-11-13(4)20)18(22)15-8-6-14(7-9-15)12(2)3/h6-9,12-13,16,19-20H,5,10-11H2,1-4H3. The molecule has 2 atom stereocenters. The maximum atomic E-state index is 12.6. The first-order valence-electron chi connectivity index (χ1n) is 8.06. The summed E-state index contributed by atoms with van der Waals surface area (Å²) in [4.78, 5) is 24.3. The Labute approximate surface area is 138 Å². The van der Waals surface area contributed by atoms with Gasteiger partial charge in [-0.3, -0.25) is 9.59 Å². The maximum Gasteiger partial charge on any atom is 0.307 e. The number of ketones is 1. The first-order valence-corrected chi connectivity index (χ1v) is 8.06. The minimum atomic E-state index is -0.700. The number of aliphatic hydroxyl groups is 1. The Hall–Kier alpha value is -1.72. The third-order valence-electron chi connectivity index (χ3n) is 3.51. The van der Waals surface area contributed by atoms with Gasteiger partial charge in [0, 0.05) is 12.1 Å². The molecule has 128 valence electrons. The number of hydrogen-bond acceptors (Lipinski definition) is 5. The van der Waals surface area contributed by atoms with E-state index in [1.807, 2.05) is 12.1 Å². The van der Waals surface area contributed by atoms with Crippen molar-refractivity contribution in [2.24, 2.45) is 0 Å². The molecule has 2 unspecified atom stereocenters. The Morgan fingerprint density at radius 2 is 1.78 bits per heavy atom. The van der Waals surface area contributed by atoms with E-state index < -0.39 is 18.1 Å². The molecule has 1 aromatic carbocycles. The van der Waals surface area contributed by atoms with Crippen LogP contribution in [0.3, 0.4) is 0 Å². The highest BCUT2D eigenvalue weighted by molar-refractivity contribution is 6.01. The molecule has 5 heteroatoms. The first kappa shape index (κ1) is 19.3. The molecule has 5 nitrogen and oxygen atoms in total. The molecule has 0 aliphatic carbocycles. The van der Waals surface area contributed by atoms with E-state index in [-0.39, 0.29) is 25.4 Å². The second-order valence-electron chi connectivity index (χ2n) is 5.96. The molecule has 0 saturated heterocycles. The normalized spacial score (nSPS) is 13.7. The lowest BCUT2D eigenvalue weighted by Crippen LogP contribution is -2.42. The van der Waals surface area contributed by atoms with Crippen molar-refractivity contribution in [3.05, 3.63) is 35.4 Å². The first-order chi connectivity index (χ1) is 10.8. The van der Waals surface area contributed by atoms with Crippen LogP contribution < -0.4 is 5.32 Å². The zero-order chi connectivity index (χ0) is 17.4. The Morgan fingerprint density at radius 3 is 2.26 bits per heavy atom. The molecule has 0 aliphatic heterocycles. The van der Waals surface area contributed by atoms with Crippen molar-refractivity contribution in [2.45, 2.75) is 52.2 Å². The molecule has 0 bridgehead atoms. The van der Waals surface area contributed by atoms with Crippen molar-refractivity contribution in [2.75, 3.05) is 13.2 Å². The molecule has 23 heavy (non-hydrogen) atoms. The van der Waals surface area contributed by atoms with E-state index in [0.717, 1.165) is 5.56 Å². The number of esters is 1. The van der Waals surface area contributed by atoms with Gasteiger partial charge in [-0.1, -0.05) is 38.1 Å². The Kier molecular flexibility index (Phi) is 7.92. The van der Waals surface area contributed by atoms with Gasteiger partial charge in [0.05, 0.1) is 25.2 Å². The molecular formula is C18H27NO4. The fourth-order valence-electron chi connectivity index (χ4n) is 2.19. The van der Waals surface area contributed by atoms with E-state index in [1.54, 1.807) is 26.0 Å². The molecule has 0 radical (unpaired) electrons. The molecule has 0 fully saturated rings. The van der Waals surface area contributed by atoms with Crippen LogP contribution in [0.25, 0.3) is 0 Å². The highest BCUT2D eigenvalue weighted by Crippen LogP contribution is 2.16. The predicted molar refractivity (Wildman–Crippen MR) is 89.6 cm³/mol. The summed E-state index contributed by atoms with van der Waals surface area (Å²) in [7, 11) is 0. The Bertz CT molecular complexity index is 508.